The molecule has 0 saturated heterocycles. The topological polar surface area (TPSA) is 94.0 Å². The van der Waals surface area contributed by atoms with Gasteiger partial charge in [-0.05, 0) is 23.3 Å². The molecule has 2 heterocycles. The summed E-state index contributed by atoms with van der Waals surface area (Å²) in [5.41, 5.74) is 9.06. The SMILES string of the molecule is Nc1onc(-c2cccnc2)c1C(=O)NC(c1ccccc1)c1ccccc1. The summed E-state index contributed by atoms with van der Waals surface area (Å²) in [4.78, 5) is 17.2. The Balaban J connectivity index is 1.71. The Hall–Kier alpha value is -3.93. The standard InChI is InChI=1S/C22H18N4O2/c23-21-18(20(26-28-21)17-12-7-13-24-14-17)22(27)25-19(15-8-3-1-4-9-15)16-10-5-2-6-11-16/h1-14,19H,23H2,(H,25,27). The Kier molecular flexibility index (Phi) is 4.84. The van der Waals surface area contributed by atoms with Crippen LogP contribution in [-0.2, 0) is 0 Å². The van der Waals surface area contributed by atoms with Gasteiger partial charge in [0.05, 0.1) is 6.04 Å². The molecule has 0 radical (unpaired) electrons. The Morgan fingerprint density at radius 2 is 1.57 bits per heavy atom. The van der Waals surface area contributed by atoms with Crippen molar-refractivity contribution < 1.29 is 9.32 Å². The van der Waals surface area contributed by atoms with E-state index in [0.29, 0.717) is 11.3 Å². The minimum absolute atomic E-state index is 0.0313. The van der Waals surface area contributed by atoms with Crippen molar-refractivity contribution >= 4 is 11.8 Å². The van der Waals surface area contributed by atoms with Gasteiger partial charge < -0.3 is 15.6 Å². The van der Waals surface area contributed by atoms with Gasteiger partial charge in [-0.2, -0.15) is 0 Å². The fourth-order valence-electron chi connectivity index (χ4n) is 3.08. The molecule has 3 N–H and O–H groups in total. The maximum absolute atomic E-state index is 13.2. The van der Waals surface area contributed by atoms with E-state index < -0.39 is 0 Å². The normalized spacial score (nSPS) is 10.8. The highest BCUT2D eigenvalue weighted by atomic mass is 16.5. The first-order valence-corrected chi connectivity index (χ1v) is 8.80. The second-order valence-electron chi connectivity index (χ2n) is 6.24. The van der Waals surface area contributed by atoms with Gasteiger partial charge in [0, 0.05) is 18.0 Å². The molecule has 4 aromatic rings. The summed E-state index contributed by atoms with van der Waals surface area (Å²) in [6.45, 7) is 0. The maximum Gasteiger partial charge on any atom is 0.259 e. The number of aromatic nitrogens is 2. The third-order valence-electron chi connectivity index (χ3n) is 4.42. The highest BCUT2D eigenvalue weighted by Crippen LogP contribution is 2.28. The van der Waals surface area contributed by atoms with E-state index >= 15 is 0 Å². The van der Waals surface area contributed by atoms with Crippen molar-refractivity contribution in [2.75, 3.05) is 5.73 Å². The highest BCUT2D eigenvalue weighted by Gasteiger charge is 2.25. The van der Waals surface area contributed by atoms with Gasteiger partial charge in [0.15, 0.2) is 0 Å². The van der Waals surface area contributed by atoms with Crippen molar-refractivity contribution in [1.82, 2.24) is 15.5 Å². The van der Waals surface area contributed by atoms with Crippen molar-refractivity contribution in [2.24, 2.45) is 0 Å². The second kappa shape index (κ2) is 7.75. The van der Waals surface area contributed by atoms with Gasteiger partial charge >= 0.3 is 0 Å². The number of nitrogens with two attached hydrogens (primary N) is 1. The van der Waals surface area contributed by atoms with Crippen molar-refractivity contribution in [3.8, 4) is 11.3 Å². The predicted octanol–water partition coefficient (Wildman–Crippen LogP) is 3.84. The lowest BCUT2D eigenvalue weighted by molar-refractivity contribution is 0.0944. The summed E-state index contributed by atoms with van der Waals surface area (Å²) in [5.74, 6) is -0.397. The third kappa shape index (κ3) is 3.48. The van der Waals surface area contributed by atoms with Crippen LogP contribution in [-0.4, -0.2) is 16.0 Å². The van der Waals surface area contributed by atoms with Crippen LogP contribution in [0.5, 0.6) is 0 Å². The molecule has 1 amide bonds. The molecule has 0 spiro atoms. The molecule has 28 heavy (non-hydrogen) atoms. The lowest BCUT2D eigenvalue weighted by Gasteiger charge is -2.20. The summed E-state index contributed by atoms with van der Waals surface area (Å²) < 4.78 is 5.10. The maximum atomic E-state index is 13.2. The molecule has 0 aliphatic carbocycles. The van der Waals surface area contributed by atoms with Crippen molar-refractivity contribution in [1.29, 1.82) is 0 Å². The molecule has 0 saturated carbocycles. The fraction of sp³-hybridized carbons (Fsp3) is 0.0455. The van der Waals surface area contributed by atoms with Crippen molar-refractivity contribution in [2.45, 2.75) is 6.04 Å². The van der Waals surface area contributed by atoms with Crippen LogP contribution in [0.25, 0.3) is 11.3 Å². The largest absolute Gasteiger partial charge is 0.367 e. The van der Waals surface area contributed by atoms with E-state index in [1.165, 1.54) is 0 Å². The lowest BCUT2D eigenvalue weighted by atomic mass is 9.98. The Morgan fingerprint density at radius 1 is 0.929 bits per heavy atom. The van der Waals surface area contributed by atoms with E-state index in [2.05, 4.69) is 15.5 Å². The summed E-state index contributed by atoms with van der Waals surface area (Å²) in [7, 11) is 0. The number of benzene rings is 2. The average Bonchev–Trinajstić information content (AvgIpc) is 3.15. The van der Waals surface area contributed by atoms with E-state index in [9.17, 15) is 4.79 Å². The molecule has 6 nitrogen and oxygen atoms in total. The van der Waals surface area contributed by atoms with Crippen LogP contribution >= 0.6 is 0 Å². The number of hydrogen-bond acceptors (Lipinski definition) is 5. The van der Waals surface area contributed by atoms with E-state index in [4.69, 9.17) is 10.3 Å². The van der Waals surface area contributed by atoms with E-state index in [1.54, 1.807) is 24.5 Å². The molecular formula is C22H18N4O2. The summed E-state index contributed by atoms with van der Waals surface area (Å²) >= 11 is 0. The van der Waals surface area contributed by atoms with Crippen molar-refractivity contribution in [3.05, 3.63) is 102 Å². The zero-order chi connectivity index (χ0) is 19.3. The van der Waals surface area contributed by atoms with Crippen LogP contribution in [0.1, 0.15) is 27.5 Å². The van der Waals surface area contributed by atoms with Crippen LogP contribution in [0.4, 0.5) is 5.88 Å². The predicted molar refractivity (Wildman–Crippen MR) is 106 cm³/mol. The van der Waals surface area contributed by atoms with Gasteiger partial charge in [-0.15, -0.1) is 0 Å². The van der Waals surface area contributed by atoms with Crippen LogP contribution in [0.15, 0.2) is 89.7 Å². The minimum Gasteiger partial charge on any atom is -0.367 e. The van der Waals surface area contributed by atoms with Gasteiger partial charge in [-0.3, -0.25) is 9.78 Å². The molecular weight excluding hydrogens is 352 g/mol. The molecule has 138 valence electrons. The van der Waals surface area contributed by atoms with E-state index in [1.807, 2.05) is 60.7 Å². The minimum atomic E-state index is -0.365. The highest BCUT2D eigenvalue weighted by molar-refractivity contribution is 6.03. The molecule has 0 bridgehead atoms. The van der Waals surface area contributed by atoms with Crippen LogP contribution in [0, 0.1) is 0 Å². The zero-order valence-electron chi connectivity index (χ0n) is 14.9. The first-order chi connectivity index (χ1) is 13.7. The number of pyridine rings is 1. The van der Waals surface area contributed by atoms with Crippen LogP contribution in [0.3, 0.4) is 0 Å². The summed E-state index contributed by atoms with van der Waals surface area (Å²) in [5, 5.41) is 7.02. The molecule has 4 rings (SSSR count). The summed E-state index contributed by atoms with van der Waals surface area (Å²) in [6.07, 6.45) is 3.26. The lowest BCUT2D eigenvalue weighted by Crippen LogP contribution is -2.30. The molecule has 0 fully saturated rings. The number of nitrogens with zero attached hydrogens (tertiary/aromatic N) is 2. The number of anilines is 1. The Bertz CT molecular complexity index is 1020. The Morgan fingerprint density at radius 3 is 2.14 bits per heavy atom. The first kappa shape index (κ1) is 17.5. The second-order valence-corrected chi connectivity index (χ2v) is 6.24. The molecule has 0 atom stereocenters. The Labute approximate surface area is 162 Å². The number of nitrogen functional groups attached to an aromatic ring is 1. The van der Waals surface area contributed by atoms with Gasteiger partial charge in [0.2, 0.25) is 5.88 Å². The molecule has 0 aliphatic heterocycles. The van der Waals surface area contributed by atoms with Crippen LogP contribution < -0.4 is 11.1 Å². The van der Waals surface area contributed by atoms with E-state index in [0.717, 1.165) is 11.1 Å². The summed E-state index contributed by atoms with van der Waals surface area (Å²) in [6, 6.07) is 22.7. The van der Waals surface area contributed by atoms with Gasteiger partial charge in [-0.25, -0.2) is 0 Å². The number of hydrogen-bond donors (Lipinski definition) is 2. The number of nitrogens with one attached hydrogen (secondary N) is 1. The van der Waals surface area contributed by atoms with Crippen molar-refractivity contribution in [3.63, 3.8) is 0 Å². The monoisotopic (exact) mass is 370 g/mol. The van der Waals surface area contributed by atoms with Crippen LogP contribution in [0.2, 0.25) is 0 Å². The molecule has 2 aromatic heterocycles. The number of amides is 1. The average molecular weight is 370 g/mol. The van der Waals surface area contributed by atoms with Gasteiger partial charge in [0.1, 0.15) is 11.3 Å². The van der Waals surface area contributed by atoms with E-state index in [-0.39, 0.29) is 23.4 Å². The zero-order valence-corrected chi connectivity index (χ0v) is 14.9. The molecule has 2 aromatic carbocycles. The smallest absolute Gasteiger partial charge is 0.259 e. The number of rotatable bonds is 5. The number of carbonyl (C=O) groups excluding carboxylic acids is 1. The first-order valence-electron chi connectivity index (χ1n) is 8.80. The number of carbonyl (C=O) groups is 1. The quantitative estimate of drug-likeness (QED) is 0.557. The van der Waals surface area contributed by atoms with Gasteiger partial charge in [0.25, 0.3) is 5.91 Å². The molecule has 0 aliphatic rings. The molecule has 0 unspecified atom stereocenters. The molecule has 6 heteroatoms. The van der Waals surface area contributed by atoms with Gasteiger partial charge in [-0.1, -0.05) is 65.8 Å². The third-order valence-corrected chi connectivity index (χ3v) is 4.42. The fourth-order valence-corrected chi connectivity index (χ4v) is 3.08.